The lowest BCUT2D eigenvalue weighted by molar-refractivity contribution is -0.355. The van der Waals surface area contributed by atoms with Crippen LogP contribution in [0.1, 0.15) is 93.3 Å². The number of aromatic nitrogens is 1. The molecule has 1 N–H and O–H groups in total. The molecule has 182 valence electrons. The van der Waals surface area contributed by atoms with E-state index in [1.165, 1.54) is 17.2 Å². The van der Waals surface area contributed by atoms with Gasteiger partial charge in [0.15, 0.2) is 0 Å². The van der Waals surface area contributed by atoms with Crippen molar-refractivity contribution in [3.8, 4) is 11.3 Å². The second-order valence-corrected chi connectivity index (χ2v) is 9.49. The summed E-state index contributed by atoms with van der Waals surface area (Å²) in [4.78, 5) is 4.72. The molecule has 5 heteroatoms. The minimum atomic E-state index is -0.332. The molecule has 0 aliphatic carbocycles. The van der Waals surface area contributed by atoms with Gasteiger partial charge >= 0.3 is 0 Å². The summed E-state index contributed by atoms with van der Waals surface area (Å²) in [5.74, 6) is 0. The van der Waals surface area contributed by atoms with Gasteiger partial charge in [-0.2, -0.15) is 0 Å². The van der Waals surface area contributed by atoms with E-state index < -0.39 is 0 Å². The van der Waals surface area contributed by atoms with Crippen molar-refractivity contribution in [1.82, 2.24) is 15.2 Å². The van der Waals surface area contributed by atoms with Gasteiger partial charge in [0, 0.05) is 17.8 Å². The van der Waals surface area contributed by atoms with Gasteiger partial charge in [0.1, 0.15) is 0 Å². The van der Waals surface area contributed by atoms with Crippen molar-refractivity contribution in [3.05, 3.63) is 47.7 Å². The summed E-state index contributed by atoms with van der Waals surface area (Å²) in [7, 11) is 2.71. The van der Waals surface area contributed by atoms with Crippen LogP contribution in [0.25, 0.3) is 11.3 Å². The first-order valence-corrected chi connectivity index (χ1v) is 12.7. The van der Waals surface area contributed by atoms with Crippen molar-refractivity contribution in [2.75, 3.05) is 6.54 Å². The molecule has 2 heterocycles. The molecule has 2 atom stereocenters. The lowest BCUT2D eigenvalue weighted by Crippen LogP contribution is -2.66. The molecule has 2 aromatic rings. The Morgan fingerprint density at radius 3 is 1.97 bits per heavy atom. The minimum Gasteiger partial charge on any atom is -0.298 e. The van der Waals surface area contributed by atoms with Crippen LogP contribution in [-0.4, -0.2) is 32.5 Å². The second-order valence-electron chi connectivity index (χ2n) is 8.82. The van der Waals surface area contributed by atoms with Crippen molar-refractivity contribution in [2.24, 2.45) is 0 Å². The van der Waals surface area contributed by atoms with Crippen molar-refractivity contribution >= 4 is 14.5 Å². The maximum absolute atomic E-state index is 10.6. The van der Waals surface area contributed by atoms with Gasteiger partial charge in [0.2, 0.25) is 0 Å². The largest absolute Gasteiger partial charge is 0.298 e. The lowest BCUT2D eigenvalue weighted by atomic mass is 9.80. The number of hydrogen-bond acceptors (Lipinski definition) is 4. The first kappa shape index (κ1) is 30.7. The fourth-order valence-electron chi connectivity index (χ4n) is 3.29. The fourth-order valence-corrected chi connectivity index (χ4v) is 3.48. The highest BCUT2D eigenvalue weighted by molar-refractivity contribution is 7.27. The van der Waals surface area contributed by atoms with E-state index in [2.05, 4.69) is 71.4 Å². The van der Waals surface area contributed by atoms with Crippen molar-refractivity contribution in [1.29, 1.82) is 0 Å². The highest BCUT2D eigenvalue weighted by Crippen LogP contribution is 2.43. The average molecular weight is 462 g/mol. The van der Waals surface area contributed by atoms with Crippen LogP contribution in [0.15, 0.2) is 36.4 Å². The molecule has 1 aromatic carbocycles. The van der Waals surface area contributed by atoms with Crippen molar-refractivity contribution in [2.45, 2.75) is 100 Å². The van der Waals surface area contributed by atoms with Crippen LogP contribution in [-0.2, 0) is 5.54 Å². The predicted octanol–water partition coefficient (Wildman–Crippen LogP) is 7.35. The Morgan fingerprint density at radius 1 is 1.06 bits per heavy atom. The number of rotatable bonds is 3. The maximum Gasteiger partial charge on any atom is 0.0708 e. The van der Waals surface area contributed by atoms with Gasteiger partial charge in [0.25, 0.3) is 0 Å². The molecule has 1 fully saturated rings. The van der Waals surface area contributed by atoms with E-state index in [-0.39, 0.29) is 11.1 Å². The molecular weight excluding hydrogens is 413 g/mol. The summed E-state index contributed by atoms with van der Waals surface area (Å²) in [6.45, 7) is 23.4. The summed E-state index contributed by atoms with van der Waals surface area (Å²) < 4.78 is 0. The van der Waals surface area contributed by atoms with Crippen LogP contribution < -0.4 is 5.30 Å². The van der Waals surface area contributed by atoms with Gasteiger partial charge < -0.3 is 0 Å². The van der Waals surface area contributed by atoms with E-state index in [9.17, 15) is 5.21 Å². The van der Waals surface area contributed by atoms with E-state index in [0.29, 0.717) is 0 Å². The molecule has 1 saturated heterocycles. The van der Waals surface area contributed by atoms with Gasteiger partial charge in [0.05, 0.1) is 16.8 Å². The molecule has 1 unspecified atom stereocenters. The van der Waals surface area contributed by atoms with Crippen LogP contribution in [0.5, 0.6) is 0 Å². The van der Waals surface area contributed by atoms with Gasteiger partial charge in [-0.1, -0.05) is 72.2 Å². The Kier molecular flexibility index (Phi) is 13.5. The van der Waals surface area contributed by atoms with E-state index in [1.807, 2.05) is 55.4 Å². The maximum atomic E-state index is 10.6. The second kappa shape index (κ2) is 14.1. The SMILES string of the molecule is CC.CC.CCC.Cc1cc([C@]2(C)CCN2N(O)C(C)(C)C)cc(-c2ccc(P)cc2)n1. The summed E-state index contributed by atoms with van der Waals surface area (Å²) in [6, 6.07) is 12.7. The lowest BCUT2D eigenvalue weighted by Gasteiger charge is -2.56. The fraction of sp³-hybridized carbons (Fsp3) is 0.593. The molecule has 3 rings (SSSR count). The number of aryl methyl sites for hydroxylation is 1. The Morgan fingerprint density at radius 2 is 1.56 bits per heavy atom. The van der Waals surface area contributed by atoms with Crippen LogP contribution in [0.2, 0.25) is 0 Å². The Bertz CT molecular complexity index is 786. The molecule has 0 spiro atoms. The number of hydrogen-bond donors (Lipinski definition) is 1. The molecule has 4 nitrogen and oxygen atoms in total. The topological polar surface area (TPSA) is 39.6 Å². The number of pyridine rings is 1. The number of hydrazine groups is 1. The van der Waals surface area contributed by atoms with Crippen LogP contribution in [0.3, 0.4) is 0 Å². The van der Waals surface area contributed by atoms with Gasteiger partial charge in [-0.05, 0) is 64.0 Å². The van der Waals surface area contributed by atoms with E-state index in [1.54, 1.807) is 0 Å². The van der Waals surface area contributed by atoms with Crippen molar-refractivity contribution in [3.63, 3.8) is 0 Å². The third-order valence-corrected chi connectivity index (χ3v) is 5.38. The van der Waals surface area contributed by atoms with Gasteiger partial charge in [-0.15, -0.1) is 14.4 Å². The molecule has 1 aliphatic heterocycles. The number of nitrogens with zero attached hydrogens (tertiary/aromatic N) is 3. The number of hydroxylamine groups is 1. The van der Waals surface area contributed by atoms with E-state index in [0.717, 1.165) is 35.2 Å². The Labute approximate surface area is 200 Å². The van der Waals surface area contributed by atoms with Crippen LogP contribution >= 0.6 is 9.24 Å². The standard InChI is InChI=1S/C20H28N3OP.C3H8.2C2H6/c1-14-12-16(13-18(21-14)15-6-8-17(25)9-7-15)20(5)10-11-22(20)23(24)19(2,3)4;1-3-2;2*1-2/h6-9,12-13,24H,10-11,25H2,1-5H3;3H2,1-2H3;2*1-2H3/t20-;;;/m0.../s1. The molecule has 32 heavy (non-hydrogen) atoms. The van der Waals surface area contributed by atoms with Gasteiger partial charge in [-0.3, -0.25) is 10.2 Å². The van der Waals surface area contributed by atoms with Crippen LogP contribution in [0, 0.1) is 6.92 Å². The highest BCUT2D eigenvalue weighted by atomic mass is 31.0. The quantitative estimate of drug-likeness (QED) is 0.383. The van der Waals surface area contributed by atoms with E-state index >= 15 is 0 Å². The average Bonchev–Trinajstić information content (AvgIpc) is 2.75. The first-order valence-electron chi connectivity index (χ1n) is 12.1. The number of benzene rings is 1. The molecule has 0 saturated carbocycles. The summed E-state index contributed by atoms with van der Waals surface area (Å²) >= 11 is 0. The zero-order valence-electron chi connectivity index (χ0n) is 22.5. The zero-order valence-corrected chi connectivity index (χ0v) is 23.6. The third kappa shape index (κ3) is 7.92. The smallest absolute Gasteiger partial charge is 0.0708 e. The Balaban J connectivity index is 0.00000124. The molecule has 0 amide bonds. The van der Waals surface area contributed by atoms with E-state index in [4.69, 9.17) is 4.98 Å². The summed E-state index contributed by atoms with van der Waals surface area (Å²) in [5, 5.41) is 15.2. The third-order valence-electron chi connectivity index (χ3n) is 4.99. The predicted molar refractivity (Wildman–Crippen MR) is 144 cm³/mol. The molecule has 0 bridgehead atoms. The molecule has 1 aromatic heterocycles. The monoisotopic (exact) mass is 461 g/mol. The highest BCUT2D eigenvalue weighted by Gasteiger charge is 2.47. The molecular formula is C27H48N3OP. The Hall–Kier alpha value is -1.32. The summed E-state index contributed by atoms with van der Waals surface area (Å²) in [6.07, 6.45) is 2.26. The minimum absolute atomic E-state index is 0.217. The van der Waals surface area contributed by atoms with Gasteiger partial charge in [-0.25, -0.2) is 5.01 Å². The normalized spacial score (nSPS) is 17.7. The molecule has 0 radical (unpaired) electrons. The molecule has 1 aliphatic rings. The first-order chi connectivity index (χ1) is 15.0. The van der Waals surface area contributed by atoms with Crippen LogP contribution in [0.4, 0.5) is 0 Å². The summed E-state index contributed by atoms with van der Waals surface area (Å²) in [5.41, 5.74) is 3.73. The zero-order chi connectivity index (χ0) is 25.1. The van der Waals surface area contributed by atoms with Crippen molar-refractivity contribution < 1.29 is 5.21 Å².